The van der Waals surface area contributed by atoms with Crippen LogP contribution in [0.15, 0.2) is 18.2 Å². The number of carbonyl (C=O) groups excluding carboxylic acids is 1. The maximum atomic E-state index is 13.7. The van der Waals surface area contributed by atoms with Crippen molar-refractivity contribution < 1.29 is 13.6 Å². The summed E-state index contributed by atoms with van der Waals surface area (Å²) in [5, 5.41) is 2.80. The topological polar surface area (TPSA) is 32.3 Å². The number of rotatable bonds is 4. The van der Waals surface area contributed by atoms with Crippen molar-refractivity contribution in [2.45, 2.75) is 45.1 Å². The van der Waals surface area contributed by atoms with Crippen LogP contribution < -0.4 is 5.32 Å². The minimum Gasteiger partial charge on any atom is -0.348 e. The molecule has 5 heteroatoms. The molecule has 22 heavy (non-hydrogen) atoms. The van der Waals surface area contributed by atoms with Crippen LogP contribution in [0.5, 0.6) is 0 Å². The molecule has 1 N–H and O–H groups in total. The highest BCUT2D eigenvalue weighted by Crippen LogP contribution is 2.17. The third-order valence-corrected chi connectivity index (χ3v) is 4.12. The standard InChI is InChI=1S/C17H24F2N2O/c1-13(15-8-7-14(18)11-16(15)19)20-17(22)12-21-9-5-3-2-4-6-10-21/h7-8,11,13H,2-6,9-10,12H2,1H3,(H,20,22)/t13-/m0/s1. The Kier molecular flexibility index (Phi) is 6.31. The number of benzene rings is 1. The number of amides is 1. The van der Waals surface area contributed by atoms with E-state index < -0.39 is 17.7 Å². The van der Waals surface area contributed by atoms with E-state index in [1.165, 1.54) is 31.4 Å². The Morgan fingerprint density at radius 3 is 2.45 bits per heavy atom. The third kappa shape index (κ3) is 5.05. The first kappa shape index (κ1) is 16.9. The summed E-state index contributed by atoms with van der Waals surface area (Å²) < 4.78 is 26.6. The SMILES string of the molecule is C[C@H](NC(=O)CN1CCCCCCC1)c1ccc(F)cc1F. The van der Waals surface area contributed by atoms with E-state index in [0.29, 0.717) is 12.1 Å². The highest BCUT2D eigenvalue weighted by atomic mass is 19.1. The van der Waals surface area contributed by atoms with E-state index in [9.17, 15) is 13.6 Å². The minimum atomic E-state index is -0.626. The summed E-state index contributed by atoms with van der Waals surface area (Å²) in [6.07, 6.45) is 5.95. The van der Waals surface area contributed by atoms with Gasteiger partial charge in [0.05, 0.1) is 12.6 Å². The van der Waals surface area contributed by atoms with Crippen molar-refractivity contribution >= 4 is 5.91 Å². The monoisotopic (exact) mass is 310 g/mol. The molecule has 1 heterocycles. The summed E-state index contributed by atoms with van der Waals surface area (Å²) >= 11 is 0. The zero-order valence-electron chi connectivity index (χ0n) is 13.1. The van der Waals surface area contributed by atoms with Crippen LogP contribution in [0, 0.1) is 11.6 Å². The van der Waals surface area contributed by atoms with E-state index in [1.807, 2.05) is 0 Å². The summed E-state index contributed by atoms with van der Waals surface area (Å²) in [6.45, 7) is 3.92. The average Bonchev–Trinajstić information content (AvgIpc) is 2.41. The number of hydrogen-bond acceptors (Lipinski definition) is 2. The lowest BCUT2D eigenvalue weighted by molar-refractivity contribution is -0.123. The molecule has 0 radical (unpaired) electrons. The van der Waals surface area contributed by atoms with Crippen LogP contribution in [-0.4, -0.2) is 30.4 Å². The summed E-state index contributed by atoms with van der Waals surface area (Å²) in [7, 11) is 0. The molecule has 0 spiro atoms. The molecule has 1 saturated heterocycles. The molecule has 1 aliphatic heterocycles. The van der Waals surface area contributed by atoms with Gasteiger partial charge in [0, 0.05) is 11.6 Å². The summed E-state index contributed by atoms with van der Waals surface area (Å²) in [6, 6.07) is 2.96. The van der Waals surface area contributed by atoms with E-state index >= 15 is 0 Å². The van der Waals surface area contributed by atoms with Crippen molar-refractivity contribution in [2.75, 3.05) is 19.6 Å². The van der Waals surface area contributed by atoms with E-state index in [2.05, 4.69) is 10.2 Å². The van der Waals surface area contributed by atoms with Crippen molar-refractivity contribution in [2.24, 2.45) is 0 Å². The molecule has 1 fully saturated rings. The number of hydrogen-bond donors (Lipinski definition) is 1. The zero-order valence-corrected chi connectivity index (χ0v) is 13.1. The summed E-state index contributed by atoms with van der Waals surface area (Å²) in [4.78, 5) is 14.3. The van der Waals surface area contributed by atoms with Crippen molar-refractivity contribution in [3.05, 3.63) is 35.4 Å². The third-order valence-electron chi connectivity index (χ3n) is 4.12. The average molecular weight is 310 g/mol. The van der Waals surface area contributed by atoms with Crippen molar-refractivity contribution in [3.63, 3.8) is 0 Å². The quantitative estimate of drug-likeness (QED) is 0.924. The fourth-order valence-corrected chi connectivity index (χ4v) is 2.89. The highest BCUT2D eigenvalue weighted by molar-refractivity contribution is 5.78. The smallest absolute Gasteiger partial charge is 0.234 e. The van der Waals surface area contributed by atoms with Crippen molar-refractivity contribution in [3.8, 4) is 0 Å². The number of nitrogens with zero attached hydrogens (tertiary/aromatic N) is 1. The van der Waals surface area contributed by atoms with Crippen molar-refractivity contribution in [1.29, 1.82) is 0 Å². The maximum Gasteiger partial charge on any atom is 0.234 e. The van der Waals surface area contributed by atoms with Gasteiger partial charge in [-0.15, -0.1) is 0 Å². The van der Waals surface area contributed by atoms with Crippen LogP contribution in [0.2, 0.25) is 0 Å². The first-order valence-corrected chi connectivity index (χ1v) is 8.03. The Bertz CT molecular complexity index is 499. The molecule has 1 amide bonds. The highest BCUT2D eigenvalue weighted by Gasteiger charge is 2.17. The first-order chi connectivity index (χ1) is 10.6. The Labute approximate surface area is 130 Å². The van der Waals surface area contributed by atoms with E-state index in [1.54, 1.807) is 6.92 Å². The normalized spacial score (nSPS) is 18.3. The summed E-state index contributed by atoms with van der Waals surface area (Å²) in [5.41, 5.74) is 0.308. The lowest BCUT2D eigenvalue weighted by atomic mass is 10.1. The summed E-state index contributed by atoms with van der Waals surface area (Å²) in [5.74, 6) is -1.35. The fourth-order valence-electron chi connectivity index (χ4n) is 2.89. The van der Waals surface area contributed by atoms with Crippen molar-refractivity contribution in [1.82, 2.24) is 10.2 Å². The second kappa shape index (κ2) is 8.22. The van der Waals surface area contributed by atoms with Gasteiger partial charge in [-0.05, 0) is 38.9 Å². The van der Waals surface area contributed by atoms with Gasteiger partial charge in [0.1, 0.15) is 11.6 Å². The molecule has 1 aliphatic rings. The van der Waals surface area contributed by atoms with Gasteiger partial charge in [-0.1, -0.05) is 25.3 Å². The maximum absolute atomic E-state index is 13.7. The molecule has 122 valence electrons. The molecule has 1 atom stereocenters. The molecule has 0 aliphatic carbocycles. The molecule has 0 saturated carbocycles. The van der Waals surface area contributed by atoms with Crippen LogP contribution in [0.25, 0.3) is 0 Å². The molecule has 0 aromatic heterocycles. The predicted molar refractivity (Wildman–Crippen MR) is 82.4 cm³/mol. The number of halogens is 2. The molecule has 0 bridgehead atoms. The molecule has 3 nitrogen and oxygen atoms in total. The van der Waals surface area contributed by atoms with Crippen LogP contribution in [0.3, 0.4) is 0 Å². The molecule has 1 aromatic carbocycles. The Morgan fingerprint density at radius 2 is 1.82 bits per heavy atom. The van der Waals surface area contributed by atoms with E-state index in [0.717, 1.165) is 32.0 Å². The van der Waals surface area contributed by atoms with Crippen LogP contribution >= 0.6 is 0 Å². The van der Waals surface area contributed by atoms with Crippen LogP contribution in [0.4, 0.5) is 8.78 Å². The number of likely N-dealkylation sites (tertiary alicyclic amines) is 1. The largest absolute Gasteiger partial charge is 0.348 e. The fraction of sp³-hybridized carbons (Fsp3) is 0.588. The van der Waals surface area contributed by atoms with Gasteiger partial charge in [0.2, 0.25) is 5.91 Å². The van der Waals surface area contributed by atoms with Crippen LogP contribution in [-0.2, 0) is 4.79 Å². The molecule has 2 rings (SSSR count). The number of carbonyl (C=O) groups is 1. The molecular weight excluding hydrogens is 286 g/mol. The van der Waals surface area contributed by atoms with Gasteiger partial charge in [-0.3, -0.25) is 9.69 Å². The van der Waals surface area contributed by atoms with Crippen LogP contribution in [0.1, 0.15) is 50.6 Å². The second-order valence-electron chi connectivity index (χ2n) is 6.00. The Balaban J connectivity index is 1.87. The zero-order chi connectivity index (χ0) is 15.9. The predicted octanol–water partition coefficient (Wildman–Crippen LogP) is 3.41. The molecular formula is C17H24F2N2O. The van der Waals surface area contributed by atoms with E-state index in [-0.39, 0.29) is 5.91 Å². The van der Waals surface area contributed by atoms with Gasteiger partial charge in [-0.2, -0.15) is 0 Å². The Hall–Kier alpha value is -1.49. The Morgan fingerprint density at radius 1 is 1.18 bits per heavy atom. The second-order valence-corrected chi connectivity index (χ2v) is 6.00. The lowest BCUT2D eigenvalue weighted by Crippen LogP contribution is -2.39. The molecule has 1 aromatic rings. The lowest BCUT2D eigenvalue weighted by Gasteiger charge is -2.25. The first-order valence-electron chi connectivity index (χ1n) is 8.03. The van der Waals surface area contributed by atoms with Gasteiger partial charge in [0.15, 0.2) is 0 Å². The number of nitrogens with one attached hydrogen (secondary N) is 1. The van der Waals surface area contributed by atoms with Gasteiger partial charge in [-0.25, -0.2) is 8.78 Å². The van der Waals surface area contributed by atoms with Gasteiger partial charge < -0.3 is 5.32 Å². The van der Waals surface area contributed by atoms with Gasteiger partial charge >= 0.3 is 0 Å². The van der Waals surface area contributed by atoms with Gasteiger partial charge in [0.25, 0.3) is 0 Å². The molecule has 0 unspecified atom stereocenters. The van der Waals surface area contributed by atoms with E-state index in [4.69, 9.17) is 0 Å². The minimum absolute atomic E-state index is 0.114.